The van der Waals surface area contributed by atoms with Crippen LogP contribution in [0.4, 0.5) is 11.5 Å². The maximum absolute atomic E-state index is 5.98. The fourth-order valence-electron chi connectivity index (χ4n) is 3.66. The summed E-state index contributed by atoms with van der Waals surface area (Å²) in [5, 5.41) is 9.12. The van der Waals surface area contributed by atoms with Crippen LogP contribution < -0.4 is 9.64 Å². The van der Waals surface area contributed by atoms with Gasteiger partial charge in [0.1, 0.15) is 23.0 Å². The third-order valence-corrected chi connectivity index (χ3v) is 5.29. The number of anilines is 1. The van der Waals surface area contributed by atoms with E-state index in [1.54, 1.807) is 4.79 Å². The summed E-state index contributed by atoms with van der Waals surface area (Å²) in [4.78, 5) is 18.1. The minimum absolute atomic E-state index is 0.620. The molecule has 0 N–H and O–H groups in total. The molecule has 0 aliphatic carbocycles. The van der Waals surface area contributed by atoms with Gasteiger partial charge < -0.3 is 9.64 Å². The number of benzene rings is 1. The summed E-state index contributed by atoms with van der Waals surface area (Å²) in [5.41, 5.74) is 3.86. The Bertz CT molecular complexity index is 1170. The number of nitrogens with zero attached hydrogens (tertiary/aromatic N) is 7. The van der Waals surface area contributed by atoms with Crippen molar-refractivity contribution in [3.63, 3.8) is 0 Å². The smallest absolute Gasteiger partial charge is 0.204 e. The number of para-hydroxylation sites is 1. The average molecular weight is 432 g/mol. The number of rotatable bonds is 8. The van der Waals surface area contributed by atoms with Gasteiger partial charge in [-0.15, -0.1) is 15.0 Å². The SMILES string of the molecule is CCCOc1ccccc1C1=Nn2nc(C)nc2C1=Nc1ccc(N(CC)CC)nc1C. The first kappa shape index (κ1) is 21.7. The lowest BCUT2D eigenvalue weighted by Crippen LogP contribution is -2.23. The summed E-state index contributed by atoms with van der Waals surface area (Å²) >= 11 is 0. The molecule has 2 aromatic heterocycles. The molecule has 0 bridgehead atoms. The molecule has 8 heteroatoms. The first-order valence-electron chi connectivity index (χ1n) is 11.1. The van der Waals surface area contributed by atoms with Crippen molar-refractivity contribution < 1.29 is 4.74 Å². The van der Waals surface area contributed by atoms with Gasteiger partial charge in [-0.2, -0.15) is 0 Å². The molecular weight excluding hydrogens is 402 g/mol. The van der Waals surface area contributed by atoms with Crippen LogP contribution in [0.25, 0.3) is 0 Å². The molecule has 0 saturated carbocycles. The highest BCUT2D eigenvalue weighted by molar-refractivity contribution is 6.54. The Morgan fingerprint density at radius 1 is 1.00 bits per heavy atom. The van der Waals surface area contributed by atoms with Crippen molar-refractivity contribution in [3.8, 4) is 5.75 Å². The van der Waals surface area contributed by atoms with E-state index in [0.29, 0.717) is 29.7 Å². The third-order valence-electron chi connectivity index (χ3n) is 5.29. The summed E-state index contributed by atoms with van der Waals surface area (Å²) in [5.74, 6) is 3.00. The van der Waals surface area contributed by atoms with E-state index in [2.05, 4.69) is 35.8 Å². The van der Waals surface area contributed by atoms with Gasteiger partial charge in [0.25, 0.3) is 0 Å². The number of hydrogen-bond acceptors (Lipinski definition) is 7. The number of fused-ring (bicyclic) bond motifs is 1. The Labute approximate surface area is 188 Å². The quantitative estimate of drug-likeness (QED) is 0.531. The molecule has 3 heterocycles. The van der Waals surface area contributed by atoms with Crippen LogP contribution in [0.3, 0.4) is 0 Å². The molecule has 3 aromatic rings. The summed E-state index contributed by atoms with van der Waals surface area (Å²) < 4.78 is 5.98. The van der Waals surface area contributed by atoms with Crippen LogP contribution in [0, 0.1) is 13.8 Å². The standard InChI is InChI=1S/C24H29N7O/c1-6-15-32-20-12-10-9-11-18(20)22-23(24-26-17(5)28-31(24)29-22)27-19-13-14-21(25-16(19)4)30(7-2)8-3/h9-14H,6-8,15H2,1-5H3. The van der Waals surface area contributed by atoms with E-state index >= 15 is 0 Å². The van der Waals surface area contributed by atoms with Crippen molar-refractivity contribution in [2.45, 2.75) is 41.0 Å². The van der Waals surface area contributed by atoms with E-state index < -0.39 is 0 Å². The maximum atomic E-state index is 5.98. The van der Waals surface area contributed by atoms with Crippen LogP contribution in [0.15, 0.2) is 46.5 Å². The van der Waals surface area contributed by atoms with Crippen molar-refractivity contribution in [3.05, 3.63) is 59.3 Å². The second-order valence-corrected chi connectivity index (χ2v) is 7.57. The molecule has 1 aliphatic rings. The number of hydrogen-bond donors (Lipinski definition) is 0. The van der Waals surface area contributed by atoms with E-state index in [1.807, 2.05) is 50.2 Å². The van der Waals surface area contributed by atoms with Crippen LogP contribution >= 0.6 is 0 Å². The zero-order valence-corrected chi connectivity index (χ0v) is 19.3. The lowest BCUT2D eigenvalue weighted by atomic mass is 10.0. The molecule has 0 saturated heterocycles. The fourth-order valence-corrected chi connectivity index (χ4v) is 3.66. The van der Waals surface area contributed by atoms with Gasteiger partial charge in [0.05, 0.1) is 18.0 Å². The molecule has 1 aromatic carbocycles. The van der Waals surface area contributed by atoms with E-state index in [0.717, 1.165) is 48.0 Å². The maximum Gasteiger partial charge on any atom is 0.204 e. The van der Waals surface area contributed by atoms with Crippen molar-refractivity contribution in [1.82, 2.24) is 19.9 Å². The molecule has 4 rings (SSSR count). The zero-order chi connectivity index (χ0) is 22.7. The van der Waals surface area contributed by atoms with Crippen LogP contribution in [-0.2, 0) is 0 Å². The Hall–Kier alpha value is -3.55. The molecule has 0 spiro atoms. The van der Waals surface area contributed by atoms with E-state index in [-0.39, 0.29) is 0 Å². The second kappa shape index (κ2) is 9.30. The first-order valence-corrected chi connectivity index (χ1v) is 11.1. The highest BCUT2D eigenvalue weighted by Crippen LogP contribution is 2.28. The van der Waals surface area contributed by atoms with Crippen molar-refractivity contribution in [2.24, 2.45) is 10.1 Å². The molecule has 1 aliphatic heterocycles. The van der Waals surface area contributed by atoms with Crippen molar-refractivity contribution >= 4 is 22.9 Å². The summed E-state index contributed by atoms with van der Waals surface area (Å²) in [6, 6.07) is 11.9. The summed E-state index contributed by atoms with van der Waals surface area (Å²) in [6.45, 7) is 12.6. The Morgan fingerprint density at radius 3 is 2.50 bits per heavy atom. The van der Waals surface area contributed by atoms with Gasteiger partial charge in [0, 0.05) is 18.7 Å². The molecular formula is C24H29N7O. The molecule has 0 fully saturated rings. The van der Waals surface area contributed by atoms with Gasteiger partial charge >= 0.3 is 0 Å². The number of aromatic nitrogens is 4. The number of pyridine rings is 1. The zero-order valence-electron chi connectivity index (χ0n) is 19.3. The van der Waals surface area contributed by atoms with Gasteiger partial charge in [0.2, 0.25) is 5.82 Å². The van der Waals surface area contributed by atoms with Gasteiger partial charge in [-0.25, -0.2) is 15.0 Å². The first-order chi connectivity index (χ1) is 15.5. The highest BCUT2D eigenvalue weighted by Gasteiger charge is 2.30. The van der Waals surface area contributed by atoms with E-state index in [9.17, 15) is 0 Å². The molecule has 0 atom stereocenters. The third kappa shape index (κ3) is 4.12. The number of aryl methyl sites for hydroxylation is 2. The molecule has 0 radical (unpaired) electrons. The predicted molar refractivity (Wildman–Crippen MR) is 128 cm³/mol. The molecule has 32 heavy (non-hydrogen) atoms. The number of ether oxygens (including phenoxy) is 1. The topological polar surface area (TPSA) is 80.8 Å². The van der Waals surface area contributed by atoms with E-state index in [4.69, 9.17) is 19.8 Å². The fraction of sp³-hybridized carbons (Fsp3) is 0.375. The lowest BCUT2D eigenvalue weighted by molar-refractivity contribution is 0.317. The van der Waals surface area contributed by atoms with Gasteiger partial charge in [0.15, 0.2) is 5.82 Å². The Kier molecular flexibility index (Phi) is 6.30. The molecule has 0 unspecified atom stereocenters. The Morgan fingerprint density at radius 2 is 1.78 bits per heavy atom. The van der Waals surface area contributed by atoms with Gasteiger partial charge in [-0.05, 0) is 58.4 Å². The lowest BCUT2D eigenvalue weighted by Gasteiger charge is -2.20. The predicted octanol–water partition coefficient (Wildman–Crippen LogP) is 4.31. The molecule has 0 amide bonds. The van der Waals surface area contributed by atoms with Crippen LogP contribution in [0.5, 0.6) is 5.75 Å². The summed E-state index contributed by atoms with van der Waals surface area (Å²) in [6.07, 6.45) is 0.924. The van der Waals surface area contributed by atoms with Crippen LogP contribution in [-0.4, -0.2) is 51.0 Å². The molecule has 8 nitrogen and oxygen atoms in total. The van der Waals surface area contributed by atoms with E-state index in [1.165, 1.54) is 0 Å². The average Bonchev–Trinajstić information content (AvgIpc) is 3.31. The summed E-state index contributed by atoms with van der Waals surface area (Å²) in [7, 11) is 0. The van der Waals surface area contributed by atoms with Gasteiger partial charge in [-0.3, -0.25) is 0 Å². The second-order valence-electron chi connectivity index (χ2n) is 7.57. The number of aliphatic imine (C=N–C) groups is 1. The minimum Gasteiger partial charge on any atom is -0.493 e. The van der Waals surface area contributed by atoms with Crippen molar-refractivity contribution in [2.75, 3.05) is 24.6 Å². The normalized spacial score (nSPS) is 13.9. The highest BCUT2D eigenvalue weighted by atomic mass is 16.5. The minimum atomic E-state index is 0.620. The largest absolute Gasteiger partial charge is 0.493 e. The van der Waals surface area contributed by atoms with Crippen LogP contribution in [0.1, 0.15) is 50.1 Å². The monoisotopic (exact) mass is 431 g/mol. The molecule has 166 valence electrons. The van der Waals surface area contributed by atoms with Crippen LogP contribution in [0.2, 0.25) is 0 Å². The van der Waals surface area contributed by atoms with Crippen molar-refractivity contribution in [1.29, 1.82) is 0 Å². The Balaban J connectivity index is 1.80. The van der Waals surface area contributed by atoms with Gasteiger partial charge in [-0.1, -0.05) is 19.1 Å².